The Bertz CT molecular complexity index is 950. The van der Waals surface area contributed by atoms with Gasteiger partial charge in [0.1, 0.15) is 5.69 Å². The lowest BCUT2D eigenvalue weighted by Crippen LogP contribution is -2.25. The van der Waals surface area contributed by atoms with Gasteiger partial charge >= 0.3 is 5.82 Å². The molecule has 0 atom stereocenters. The van der Waals surface area contributed by atoms with Crippen molar-refractivity contribution in [3.05, 3.63) is 69.5 Å². The Morgan fingerprint density at radius 1 is 1.30 bits per heavy atom. The lowest BCUT2D eigenvalue weighted by Gasteiger charge is -2.23. The molecule has 0 spiro atoms. The first kappa shape index (κ1) is 18.6. The maximum Gasteiger partial charge on any atom is 0.406 e. The molecule has 1 aliphatic heterocycles. The van der Waals surface area contributed by atoms with E-state index in [1.165, 1.54) is 6.07 Å². The van der Waals surface area contributed by atoms with Gasteiger partial charge in [-0.2, -0.15) is 0 Å². The number of hydrogen-bond donors (Lipinski definition) is 0. The van der Waals surface area contributed by atoms with Crippen molar-refractivity contribution in [1.82, 2.24) is 4.98 Å². The van der Waals surface area contributed by atoms with Crippen molar-refractivity contribution >= 4 is 17.3 Å². The Morgan fingerprint density at radius 3 is 2.67 bits per heavy atom. The van der Waals surface area contributed by atoms with Gasteiger partial charge in [-0.05, 0) is 33.7 Å². The molecule has 140 valence electrons. The number of aromatic nitrogens is 1. The molecule has 0 amide bonds. The van der Waals surface area contributed by atoms with Crippen LogP contribution in [0.15, 0.2) is 48.2 Å². The van der Waals surface area contributed by atoms with Crippen molar-refractivity contribution in [3.8, 4) is 5.75 Å². The second-order valence-corrected chi connectivity index (χ2v) is 7.02. The smallest absolute Gasteiger partial charge is 0.406 e. The van der Waals surface area contributed by atoms with Crippen LogP contribution in [0.5, 0.6) is 5.75 Å². The fourth-order valence-corrected chi connectivity index (χ4v) is 3.38. The minimum Gasteiger partial charge on any atom is -0.477 e. The average Bonchev–Trinajstić information content (AvgIpc) is 2.82. The number of ether oxygens (including phenoxy) is 1. The van der Waals surface area contributed by atoms with E-state index >= 15 is 0 Å². The lowest BCUT2D eigenvalue weighted by molar-refractivity contribution is -0.390. The van der Waals surface area contributed by atoms with Gasteiger partial charge in [0.2, 0.25) is 5.75 Å². The number of benzene rings is 1. The van der Waals surface area contributed by atoms with Crippen molar-refractivity contribution in [2.75, 3.05) is 18.6 Å². The molecule has 1 aromatic heterocycles. The maximum atomic E-state index is 12.5. The number of ketones is 1. The minimum absolute atomic E-state index is 0.0142. The number of carbonyl (C=O) groups is 1. The second kappa shape index (κ2) is 6.83. The van der Waals surface area contributed by atoms with E-state index in [4.69, 9.17) is 4.74 Å². The fourth-order valence-electron chi connectivity index (χ4n) is 3.38. The van der Waals surface area contributed by atoms with Gasteiger partial charge in [0.15, 0.2) is 12.4 Å². The van der Waals surface area contributed by atoms with E-state index in [9.17, 15) is 14.9 Å². The summed E-state index contributed by atoms with van der Waals surface area (Å²) in [6, 6.07) is 11.1. The lowest BCUT2D eigenvalue weighted by atomic mass is 9.83. The average molecular weight is 367 g/mol. The number of carbonyl (C=O) groups excluding carboxylic acids is 1. The van der Waals surface area contributed by atoms with Gasteiger partial charge in [-0.1, -0.05) is 32.0 Å². The molecule has 0 unspecified atom stereocenters. The fraction of sp³-hybridized carbons (Fsp3) is 0.300. The van der Waals surface area contributed by atoms with Crippen molar-refractivity contribution < 1.29 is 14.5 Å². The van der Waals surface area contributed by atoms with Crippen molar-refractivity contribution in [3.63, 3.8) is 0 Å². The van der Waals surface area contributed by atoms with Gasteiger partial charge < -0.3 is 19.8 Å². The molecule has 0 aliphatic carbocycles. The number of aryl methyl sites for hydroxylation is 1. The van der Waals surface area contributed by atoms with Gasteiger partial charge in [-0.25, -0.2) is 0 Å². The van der Waals surface area contributed by atoms with Gasteiger partial charge in [0, 0.05) is 36.8 Å². The largest absolute Gasteiger partial charge is 0.477 e. The van der Waals surface area contributed by atoms with E-state index in [1.54, 1.807) is 19.1 Å². The highest BCUT2D eigenvalue weighted by atomic mass is 16.6. The third-order valence-corrected chi connectivity index (χ3v) is 4.76. The molecule has 0 N–H and O–H groups in total. The number of hydrogen-bond acceptors (Lipinski definition) is 6. The first-order valence-corrected chi connectivity index (χ1v) is 8.55. The third-order valence-electron chi connectivity index (χ3n) is 4.76. The predicted octanol–water partition coefficient (Wildman–Crippen LogP) is 3.56. The summed E-state index contributed by atoms with van der Waals surface area (Å²) in [4.78, 5) is 28.8. The van der Waals surface area contributed by atoms with Crippen LogP contribution in [0.4, 0.5) is 11.5 Å². The molecule has 0 saturated carbocycles. The predicted molar refractivity (Wildman–Crippen MR) is 102 cm³/mol. The van der Waals surface area contributed by atoms with Crippen LogP contribution in [0, 0.1) is 17.0 Å². The van der Waals surface area contributed by atoms with Gasteiger partial charge in [0.25, 0.3) is 0 Å². The zero-order valence-electron chi connectivity index (χ0n) is 15.7. The molecule has 1 aromatic carbocycles. The molecule has 7 heteroatoms. The molecular formula is C20H21N3O4. The summed E-state index contributed by atoms with van der Waals surface area (Å²) in [7, 11) is 1.92. The third kappa shape index (κ3) is 3.40. The zero-order chi connectivity index (χ0) is 19.8. The summed E-state index contributed by atoms with van der Waals surface area (Å²) in [5, 5.41) is 11.1. The van der Waals surface area contributed by atoms with E-state index in [-0.39, 0.29) is 29.4 Å². The van der Waals surface area contributed by atoms with Crippen LogP contribution < -0.4 is 9.64 Å². The number of nitrogens with zero attached hydrogens (tertiary/aromatic N) is 3. The van der Waals surface area contributed by atoms with E-state index < -0.39 is 4.92 Å². The topological polar surface area (TPSA) is 85.6 Å². The Balaban J connectivity index is 1.80. The number of likely N-dealkylation sites (N-methyl/N-ethyl adjacent to an activating group) is 1. The standard InChI is InChI=1S/C20H21N3O4/c1-13-9-10-17(19(21-13)23(25)26)27-12-14(24)11-18-20(2,3)15-7-5-6-8-16(15)22(18)4/h5-11H,12H2,1-4H3/b18-11+. The second-order valence-electron chi connectivity index (χ2n) is 7.02. The Morgan fingerprint density at radius 2 is 2.00 bits per heavy atom. The minimum atomic E-state index is -0.615. The Labute approximate surface area is 157 Å². The van der Waals surface area contributed by atoms with Crippen LogP contribution in [0.25, 0.3) is 0 Å². The number of rotatable bonds is 5. The molecular weight excluding hydrogens is 346 g/mol. The maximum absolute atomic E-state index is 12.5. The SMILES string of the molecule is Cc1ccc(OCC(=O)/C=C2/N(C)c3ccccc3C2(C)C)c([N+](=O)[O-])n1. The molecule has 0 fully saturated rings. The number of pyridine rings is 1. The molecule has 7 nitrogen and oxygen atoms in total. The highest BCUT2D eigenvalue weighted by Gasteiger charge is 2.38. The van der Waals surface area contributed by atoms with Crippen LogP contribution in [-0.2, 0) is 10.2 Å². The van der Waals surface area contributed by atoms with Crippen LogP contribution in [-0.4, -0.2) is 29.3 Å². The summed E-state index contributed by atoms with van der Waals surface area (Å²) >= 11 is 0. The van der Waals surface area contributed by atoms with Gasteiger partial charge in [-0.15, -0.1) is 0 Å². The number of nitro groups is 1. The Hall–Kier alpha value is -3.22. The quantitative estimate of drug-likeness (QED) is 0.456. The van der Waals surface area contributed by atoms with Crippen molar-refractivity contribution in [1.29, 1.82) is 0 Å². The number of fused-ring (bicyclic) bond motifs is 1. The summed E-state index contributed by atoms with van der Waals surface area (Å²) in [5.41, 5.74) is 3.24. The van der Waals surface area contributed by atoms with Crippen LogP contribution >= 0.6 is 0 Å². The highest BCUT2D eigenvalue weighted by molar-refractivity contribution is 5.93. The Kier molecular flexibility index (Phi) is 4.70. The summed E-state index contributed by atoms with van der Waals surface area (Å²) in [6.45, 7) is 5.48. The molecule has 2 heterocycles. The highest BCUT2D eigenvalue weighted by Crippen LogP contribution is 2.46. The van der Waals surface area contributed by atoms with Crippen molar-refractivity contribution in [2.45, 2.75) is 26.2 Å². The molecule has 0 saturated heterocycles. The van der Waals surface area contributed by atoms with E-state index in [0.717, 1.165) is 16.9 Å². The first-order valence-electron chi connectivity index (χ1n) is 8.55. The summed E-state index contributed by atoms with van der Waals surface area (Å²) in [5.74, 6) is -0.673. The van der Waals surface area contributed by atoms with E-state index in [1.807, 2.05) is 30.1 Å². The molecule has 27 heavy (non-hydrogen) atoms. The number of para-hydroxylation sites is 1. The molecule has 2 aromatic rings. The van der Waals surface area contributed by atoms with Crippen molar-refractivity contribution in [2.24, 2.45) is 0 Å². The van der Waals surface area contributed by atoms with Gasteiger partial charge in [-0.3, -0.25) is 4.79 Å². The van der Waals surface area contributed by atoms with Gasteiger partial charge in [0.05, 0.1) is 0 Å². The van der Waals surface area contributed by atoms with E-state index in [2.05, 4.69) is 24.9 Å². The molecule has 3 rings (SSSR count). The first-order chi connectivity index (χ1) is 12.7. The molecule has 0 bridgehead atoms. The summed E-state index contributed by atoms with van der Waals surface area (Å²) < 4.78 is 5.39. The molecule has 1 aliphatic rings. The normalized spacial score (nSPS) is 16.3. The molecule has 0 radical (unpaired) electrons. The number of anilines is 1. The number of allylic oxidation sites excluding steroid dienone is 1. The van der Waals surface area contributed by atoms with Crippen LogP contribution in [0.3, 0.4) is 0 Å². The summed E-state index contributed by atoms with van der Waals surface area (Å²) in [6.07, 6.45) is 1.55. The van der Waals surface area contributed by atoms with E-state index in [0.29, 0.717) is 5.69 Å². The zero-order valence-corrected chi connectivity index (χ0v) is 15.7. The monoisotopic (exact) mass is 367 g/mol. The van der Waals surface area contributed by atoms with Crippen LogP contribution in [0.1, 0.15) is 25.1 Å². The van der Waals surface area contributed by atoms with Crippen LogP contribution in [0.2, 0.25) is 0 Å².